The first-order valence-corrected chi connectivity index (χ1v) is 4.28. The molecule has 1 aromatic rings. The summed E-state index contributed by atoms with van der Waals surface area (Å²) >= 11 is 0. The normalized spacial score (nSPS) is 10.1. The minimum absolute atomic E-state index is 0.105. The second-order valence-electron chi connectivity index (χ2n) is 2.86. The van der Waals surface area contributed by atoms with Gasteiger partial charge in [-0.1, -0.05) is 0 Å². The van der Waals surface area contributed by atoms with Gasteiger partial charge in [0, 0.05) is 18.8 Å². The Labute approximate surface area is 77.8 Å². The van der Waals surface area contributed by atoms with E-state index in [1.807, 2.05) is 19.1 Å². The van der Waals surface area contributed by atoms with Gasteiger partial charge in [-0.05, 0) is 24.6 Å². The number of rotatable bonds is 4. The van der Waals surface area contributed by atoms with E-state index in [9.17, 15) is 0 Å². The summed E-state index contributed by atoms with van der Waals surface area (Å²) in [6, 6.07) is 3.84. The maximum absolute atomic E-state index is 8.61. The molecular weight excluding hydrogens is 166 g/mol. The Bertz CT molecular complexity index is 276. The van der Waals surface area contributed by atoms with E-state index >= 15 is 0 Å². The number of hydrogen-bond donors (Lipinski definition) is 3. The number of pyridine rings is 1. The average molecular weight is 181 g/mol. The van der Waals surface area contributed by atoms with Crippen LogP contribution < -0.4 is 11.1 Å². The summed E-state index contributed by atoms with van der Waals surface area (Å²) in [5.74, 6) is 0.773. The zero-order valence-corrected chi connectivity index (χ0v) is 7.75. The van der Waals surface area contributed by atoms with E-state index in [2.05, 4.69) is 10.3 Å². The van der Waals surface area contributed by atoms with Gasteiger partial charge in [-0.25, -0.2) is 4.98 Å². The SMILES string of the molecule is Cc1cc(CN)cc(NCCO)n1. The molecule has 13 heavy (non-hydrogen) atoms. The van der Waals surface area contributed by atoms with Crippen LogP contribution in [0.15, 0.2) is 12.1 Å². The summed E-state index contributed by atoms with van der Waals surface area (Å²) in [5.41, 5.74) is 7.49. The summed E-state index contributed by atoms with van der Waals surface area (Å²) in [7, 11) is 0. The van der Waals surface area contributed by atoms with Crippen molar-refractivity contribution in [1.82, 2.24) is 4.98 Å². The minimum Gasteiger partial charge on any atom is -0.395 e. The van der Waals surface area contributed by atoms with Crippen molar-refractivity contribution >= 4 is 5.82 Å². The van der Waals surface area contributed by atoms with Crippen LogP contribution in [0.25, 0.3) is 0 Å². The van der Waals surface area contributed by atoms with Gasteiger partial charge in [0.25, 0.3) is 0 Å². The van der Waals surface area contributed by atoms with Gasteiger partial charge < -0.3 is 16.2 Å². The molecule has 0 spiro atoms. The van der Waals surface area contributed by atoms with Crippen molar-refractivity contribution < 1.29 is 5.11 Å². The zero-order valence-electron chi connectivity index (χ0n) is 7.75. The molecular formula is C9H15N3O. The number of aryl methyl sites for hydroxylation is 1. The lowest BCUT2D eigenvalue weighted by Crippen LogP contribution is -2.08. The molecule has 4 nitrogen and oxygen atoms in total. The lowest BCUT2D eigenvalue weighted by atomic mass is 10.2. The van der Waals surface area contributed by atoms with E-state index in [1.54, 1.807) is 0 Å². The molecule has 0 atom stereocenters. The van der Waals surface area contributed by atoms with Crippen LogP contribution in [-0.2, 0) is 6.54 Å². The monoisotopic (exact) mass is 181 g/mol. The summed E-state index contributed by atoms with van der Waals surface area (Å²) in [4.78, 5) is 4.24. The fourth-order valence-electron chi connectivity index (χ4n) is 1.13. The van der Waals surface area contributed by atoms with E-state index in [4.69, 9.17) is 10.8 Å². The standard InChI is InChI=1S/C9H15N3O/c1-7-4-8(6-10)5-9(12-7)11-2-3-13/h4-5,13H,2-3,6,10H2,1H3,(H,11,12). The van der Waals surface area contributed by atoms with Crippen LogP contribution in [0.3, 0.4) is 0 Å². The molecule has 1 rings (SSSR count). The fourth-order valence-corrected chi connectivity index (χ4v) is 1.13. The van der Waals surface area contributed by atoms with Gasteiger partial charge in [0.05, 0.1) is 6.61 Å². The predicted octanol–water partition coefficient (Wildman–Crippen LogP) is 0.253. The van der Waals surface area contributed by atoms with Crippen molar-refractivity contribution in [2.24, 2.45) is 5.73 Å². The second kappa shape index (κ2) is 4.79. The number of nitrogens with one attached hydrogen (secondary N) is 1. The number of nitrogens with two attached hydrogens (primary N) is 1. The summed E-state index contributed by atoms with van der Waals surface area (Å²) in [6.45, 7) is 3.05. The number of anilines is 1. The number of aliphatic hydroxyl groups excluding tert-OH is 1. The molecule has 0 aliphatic heterocycles. The molecule has 0 fully saturated rings. The smallest absolute Gasteiger partial charge is 0.126 e. The van der Waals surface area contributed by atoms with E-state index < -0.39 is 0 Å². The van der Waals surface area contributed by atoms with Crippen LogP contribution in [-0.4, -0.2) is 23.2 Å². The third-order valence-electron chi connectivity index (χ3n) is 1.67. The van der Waals surface area contributed by atoms with Crippen molar-refractivity contribution in [3.05, 3.63) is 23.4 Å². The van der Waals surface area contributed by atoms with Gasteiger partial charge >= 0.3 is 0 Å². The van der Waals surface area contributed by atoms with Crippen LogP contribution >= 0.6 is 0 Å². The van der Waals surface area contributed by atoms with E-state index in [0.29, 0.717) is 13.1 Å². The Morgan fingerprint density at radius 3 is 2.92 bits per heavy atom. The first-order valence-electron chi connectivity index (χ1n) is 4.28. The molecule has 0 bridgehead atoms. The Morgan fingerprint density at radius 1 is 1.54 bits per heavy atom. The van der Waals surface area contributed by atoms with Gasteiger partial charge in [-0.2, -0.15) is 0 Å². The average Bonchev–Trinajstić information content (AvgIpc) is 2.14. The molecule has 0 radical (unpaired) electrons. The molecule has 0 aliphatic rings. The van der Waals surface area contributed by atoms with Crippen molar-refractivity contribution in [1.29, 1.82) is 0 Å². The molecule has 0 saturated carbocycles. The molecule has 0 aromatic carbocycles. The van der Waals surface area contributed by atoms with Gasteiger partial charge in [-0.3, -0.25) is 0 Å². The molecule has 72 valence electrons. The lowest BCUT2D eigenvalue weighted by molar-refractivity contribution is 0.311. The second-order valence-corrected chi connectivity index (χ2v) is 2.86. The van der Waals surface area contributed by atoms with E-state index in [0.717, 1.165) is 17.1 Å². The molecule has 4 N–H and O–H groups in total. The Balaban J connectivity index is 2.76. The lowest BCUT2D eigenvalue weighted by Gasteiger charge is -2.06. The zero-order chi connectivity index (χ0) is 9.68. The predicted molar refractivity (Wildman–Crippen MR) is 52.4 cm³/mol. The Morgan fingerprint density at radius 2 is 2.31 bits per heavy atom. The number of nitrogens with zero attached hydrogens (tertiary/aromatic N) is 1. The third kappa shape index (κ3) is 3.01. The van der Waals surface area contributed by atoms with E-state index in [1.165, 1.54) is 0 Å². The third-order valence-corrected chi connectivity index (χ3v) is 1.67. The highest BCUT2D eigenvalue weighted by Crippen LogP contribution is 2.08. The summed E-state index contributed by atoms with van der Waals surface area (Å²) in [5, 5.41) is 11.6. The Hall–Kier alpha value is -1.13. The van der Waals surface area contributed by atoms with Crippen molar-refractivity contribution in [2.75, 3.05) is 18.5 Å². The van der Waals surface area contributed by atoms with Crippen molar-refractivity contribution in [3.8, 4) is 0 Å². The van der Waals surface area contributed by atoms with Gasteiger partial charge in [0.2, 0.25) is 0 Å². The van der Waals surface area contributed by atoms with Crippen LogP contribution in [0.5, 0.6) is 0 Å². The van der Waals surface area contributed by atoms with Gasteiger partial charge in [0.15, 0.2) is 0 Å². The van der Waals surface area contributed by atoms with Crippen molar-refractivity contribution in [3.63, 3.8) is 0 Å². The quantitative estimate of drug-likeness (QED) is 0.622. The maximum Gasteiger partial charge on any atom is 0.126 e. The maximum atomic E-state index is 8.61. The number of aromatic nitrogens is 1. The van der Waals surface area contributed by atoms with Gasteiger partial charge in [-0.15, -0.1) is 0 Å². The van der Waals surface area contributed by atoms with Crippen LogP contribution in [0.1, 0.15) is 11.3 Å². The highest BCUT2D eigenvalue weighted by Gasteiger charge is 1.97. The Kier molecular flexibility index (Phi) is 3.67. The molecule has 0 amide bonds. The van der Waals surface area contributed by atoms with Gasteiger partial charge in [0.1, 0.15) is 5.82 Å². The fraction of sp³-hybridized carbons (Fsp3) is 0.444. The van der Waals surface area contributed by atoms with Crippen LogP contribution in [0, 0.1) is 6.92 Å². The first kappa shape index (κ1) is 9.95. The summed E-state index contributed by atoms with van der Waals surface area (Å²) < 4.78 is 0. The molecule has 1 heterocycles. The van der Waals surface area contributed by atoms with Crippen molar-refractivity contribution in [2.45, 2.75) is 13.5 Å². The molecule has 0 aliphatic carbocycles. The minimum atomic E-state index is 0.105. The highest BCUT2D eigenvalue weighted by molar-refractivity contribution is 5.39. The topological polar surface area (TPSA) is 71.2 Å². The van der Waals surface area contributed by atoms with Crippen LogP contribution in [0.2, 0.25) is 0 Å². The largest absolute Gasteiger partial charge is 0.395 e. The first-order chi connectivity index (χ1) is 6.26. The molecule has 0 unspecified atom stereocenters. The highest BCUT2D eigenvalue weighted by atomic mass is 16.3. The molecule has 0 saturated heterocycles. The molecule has 1 aromatic heterocycles. The number of hydrogen-bond acceptors (Lipinski definition) is 4. The number of aliphatic hydroxyl groups is 1. The van der Waals surface area contributed by atoms with E-state index in [-0.39, 0.29) is 6.61 Å². The molecule has 4 heteroatoms. The summed E-state index contributed by atoms with van der Waals surface area (Å²) in [6.07, 6.45) is 0. The van der Waals surface area contributed by atoms with Crippen LogP contribution in [0.4, 0.5) is 5.82 Å².